The monoisotopic (exact) mass is 263 g/mol. The third-order valence-electron chi connectivity index (χ3n) is 4.29. The van der Waals surface area contributed by atoms with E-state index in [0.717, 1.165) is 31.5 Å². The molecule has 0 radical (unpaired) electrons. The third kappa shape index (κ3) is 3.41. The lowest BCUT2D eigenvalue weighted by molar-refractivity contribution is -0.129. The van der Waals surface area contributed by atoms with Crippen LogP contribution in [0.1, 0.15) is 32.3 Å². The summed E-state index contributed by atoms with van der Waals surface area (Å²) in [5.74, 6) is 0.302. The van der Waals surface area contributed by atoms with Crippen LogP contribution in [-0.2, 0) is 11.2 Å². The van der Waals surface area contributed by atoms with Crippen molar-refractivity contribution in [2.45, 2.75) is 33.1 Å². The highest BCUT2D eigenvalue weighted by Gasteiger charge is 2.36. The van der Waals surface area contributed by atoms with Crippen molar-refractivity contribution in [3.63, 3.8) is 0 Å². The van der Waals surface area contributed by atoms with Crippen molar-refractivity contribution in [2.75, 3.05) is 13.1 Å². The Morgan fingerprint density at radius 2 is 2.26 bits per heavy atom. The second kappa shape index (κ2) is 5.83. The normalized spacial score (nSPS) is 20.3. The molecule has 0 spiro atoms. The molecule has 0 bridgehead atoms. The van der Waals surface area contributed by atoms with E-state index in [1.54, 1.807) is 6.07 Å². The minimum absolute atomic E-state index is 0.201. The van der Waals surface area contributed by atoms with E-state index >= 15 is 0 Å². The number of carbonyl (C=O) groups excluding carboxylic acids is 1. The highest BCUT2D eigenvalue weighted by atomic mass is 19.1. The fraction of sp³-hybridized carbons (Fsp3) is 0.562. The van der Waals surface area contributed by atoms with Crippen molar-refractivity contribution < 1.29 is 9.18 Å². The molecule has 1 unspecified atom stereocenters. The second-order valence-electron chi connectivity index (χ2n) is 5.99. The van der Waals surface area contributed by atoms with E-state index in [9.17, 15) is 9.18 Å². The predicted molar refractivity (Wildman–Crippen MR) is 74.5 cm³/mol. The van der Waals surface area contributed by atoms with Crippen LogP contribution in [0.2, 0.25) is 0 Å². The molecular weight excluding hydrogens is 241 g/mol. The number of carbonyl (C=O) groups is 1. The van der Waals surface area contributed by atoms with Crippen molar-refractivity contribution in [3.05, 3.63) is 35.6 Å². The van der Waals surface area contributed by atoms with Gasteiger partial charge >= 0.3 is 0 Å². The van der Waals surface area contributed by atoms with E-state index < -0.39 is 0 Å². The fourth-order valence-electron chi connectivity index (χ4n) is 2.76. The Hall–Kier alpha value is -1.22. The summed E-state index contributed by atoms with van der Waals surface area (Å²) < 4.78 is 13.1. The van der Waals surface area contributed by atoms with Gasteiger partial charge in [0.2, 0.25) is 0 Å². The zero-order valence-corrected chi connectivity index (χ0v) is 11.7. The summed E-state index contributed by atoms with van der Waals surface area (Å²) in [5.41, 5.74) is 0.418. The maximum atomic E-state index is 13.1. The first-order valence-corrected chi connectivity index (χ1v) is 6.98. The summed E-state index contributed by atoms with van der Waals surface area (Å²) >= 11 is 0. The Morgan fingerprint density at radius 3 is 2.89 bits per heavy atom. The van der Waals surface area contributed by atoms with Crippen molar-refractivity contribution in [1.82, 2.24) is 5.32 Å². The lowest BCUT2D eigenvalue weighted by atomic mass is 9.71. The third-order valence-corrected chi connectivity index (χ3v) is 4.29. The quantitative estimate of drug-likeness (QED) is 0.905. The average Bonchev–Trinajstić information content (AvgIpc) is 2.39. The molecule has 0 saturated carbocycles. The molecule has 1 atom stereocenters. The van der Waals surface area contributed by atoms with Gasteiger partial charge in [0.1, 0.15) is 11.6 Å². The molecule has 2 nitrogen and oxygen atoms in total. The van der Waals surface area contributed by atoms with E-state index in [1.165, 1.54) is 12.1 Å². The van der Waals surface area contributed by atoms with Crippen LogP contribution in [0.4, 0.5) is 4.39 Å². The minimum Gasteiger partial charge on any atom is -0.316 e. The number of ketones is 1. The molecule has 1 N–H and O–H groups in total. The van der Waals surface area contributed by atoms with Crippen molar-refractivity contribution in [1.29, 1.82) is 0 Å². The minimum atomic E-state index is -0.347. The van der Waals surface area contributed by atoms with E-state index in [0.29, 0.717) is 12.3 Å². The van der Waals surface area contributed by atoms with Crippen LogP contribution < -0.4 is 5.32 Å². The van der Waals surface area contributed by atoms with Crippen molar-refractivity contribution >= 4 is 5.78 Å². The van der Waals surface area contributed by atoms with Gasteiger partial charge in [0, 0.05) is 11.8 Å². The number of benzene rings is 1. The SMILES string of the molecule is CC(C)(C(=O)Cc1cccc(F)c1)C1CCCNC1. The first-order chi connectivity index (χ1) is 9.00. The molecule has 19 heavy (non-hydrogen) atoms. The number of hydrogen-bond donors (Lipinski definition) is 1. The molecule has 1 saturated heterocycles. The molecular formula is C16H22FNO. The summed E-state index contributed by atoms with van der Waals surface area (Å²) in [7, 11) is 0. The first kappa shape index (κ1) is 14.2. The lowest BCUT2D eigenvalue weighted by Crippen LogP contribution is -2.43. The van der Waals surface area contributed by atoms with Crippen LogP contribution >= 0.6 is 0 Å². The van der Waals surface area contributed by atoms with E-state index in [2.05, 4.69) is 5.32 Å². The molecule has 104 valence electrons. The van der Waals surface area contributed by atoms with E-state index in [-0.39, 0.29) is 17.0 Å². The van der Waals surface area contributed by atoms with Crippen molar-refractivity contribution in [3.8, 4) is 0 Å². The summed E-state index contributed by atoms with van der Waals surface area (Å²) in [6.07, 6.45) is 2.54. The van der Waals surface area contributed by atoms with E-state index in [4.69, 9.17) is 0 Å². The van der Waals surface area contributed by atoms with Crippen LogP contribution in [-0.4, -0.2) is 18.9 Å². The standard InChI is InChI=1S/C16H22FNO/c1-16(2,13-6-4-8-18-11-13)15(19)10-12-5-3-7-14(17)9-12/h3,5,7,9,13,18H,4,6,8,10-11H2,1-2H3. The van der Waals surface area contributed by atoms with Gasteiger partial charge in [-0.15, -0.1) is 0 Å². The maximum Gasteiger partial charge on any atom is 0.143 e. The number of hydrogen-bond acceptors (Lipinski definition) is 2. The van der Waals surface area contributed by atoms with Gasteiger partial charge in [-0.1, -0.05) is 26.0 Å². The maximum absolute atomic E-state index is 13.1. The largest absolute Gasteiger partial charge is 0.316 e. The van der Waals surface area contributed by atoms with Crippen LogP contribution in [0.25, 0.3) is 0 Å². The number of rotatable bonds is 4. The smallest absolute Gasteiger partial charge is 0.143 e. The number of nitrogens with one attached hydrogen (secondary N) is 1. The summed E-state index contributed by atoms with van der Waals surface area (Å²) in [6.45, 7) is 5.99. The molecule has 2 rings (SSSR count). The summed E-state index contributed by atoms with van der Waals surface area (Å²) in [4.78, 5) is 12.5. The molecule has 0 aromatic heterocycles. The average molecular weight is 263 g/mol. The van der Waals surface area contributed by atoms with Gasteiger partial charge in [0.15, 0.2) is 0 Å². The Morgan fingerprint density at radius 1 is 1.47 bits per heavy atom. The van der Waals surface area contributed by atoms with Crippen LogP contribution in [0.15, 0.2) is 24.3 Å². The topological polar surface area (TPSA) is 29.1 Å². The molecule has 0 aliphatic carbocycles. The lowest BCUT2D eigenvalue weighted by Gasteiger charge is -2.36. The summed E-state index contributed by atoms with van der Waals surface area (Å²) in [5, 5.41) is 3.36. The van der Waals surface area contributed by atoms with Crippen LogP contribution in [0.5, 0.6) is 0 Å². The number of halogens is 1. The molecule has 1 aromatic carbocycles. The molecule has 1 aliphatic rings. The Kier molecular flexibility index (Phi) is 4.35. The van der Waals surface area contributed by atoms with Gasteiger partial charge in [0.05, 0.1) is 0 Å². The van der Waals surface area contributed by atoms with Crippen LogP contribution in [0.3, 0.4) is 0 Å². The molecule has 0 amide bonds. The second-order valence-corrected chi connectivity index (χ2v) is 5.99. The van der Waals surface area contributed by atoms with Gasteiger partial charge in [-0.2, -0.15) is 0 Å². The number of Topliss-reactive ketones (excluding diaryl/α,β-unsaturated/α-hetero) is 1. The highest BCUT2D eigenvalue weighted by molar-refractivity contribution is 5.86. The highest BCUT2D eigenvalue weighted by Crippen LogP contribution is 2.33. The Bertz CT molecular complexity index is 450. The van der Waals surface area contributed by atoms with Gasteiger partial charge in [-0.3, -0.25) is 4.79 Å². The molecule has 1 aliphatic heterocycles. The number of piperidine rings is 1. The van der Waals surface area contributed by atoms with Crippen LogP contribution in [0, 0.1) is 17.2 Å². The van der Waals surface area contributed by atoms with Crippen molar-refractivity contribution in [2.24, 2.45) is 11.3 Å². The summed E-state index contributed by atoms with van der Waals surface area (Å²) in [6, 6.07) is 6.33. The van der Waals surface area contributed by atoms with Gasteiger partial charge in [0.25, 0.3) is 0 Å². The Labute approximate surface area is 114 Å². The molecule has 3 heteroatoms. The molecule has 1 fully saturated rings. The molecule has 1 aromatic rings. The van der Waals surface area contributed by atoms with Gasteiger partial charge in [-0.25, -0.2) is 4.39 Å². The zero-order chi connectivity index (χ0) is 13.9. The first-order valence-electron chi connectivity index (χ1n) is 6.98. The van der Waals surface area contributed by atoms with E-state index in [1.807, 2.05) is 19.9 Å². The molecule has 1 heterocycles. The Balaban J connectivity index is 2.05. The van der Waals surface area contributed by atoms with Gasteiger partial charge in [-0.05, 0) is 49.5 Å². The van der Waals surface area contributed by atoms with Gasteiger partial charge < -0.3 is 5.32 Å². The predicted octanol–water partition coefficient (Wildman–Crippen LogP) is 2.96. The fourth-order valence-corrected chi connectivity index (χ4v) is 2.76. The zero-order valence-electron chi connectivity index (χ0n) is 11.7.